The van der Waals surface area contributed by atoms with E-state index in [4.69, 9.17) is 14.2 Å². The number of methoxy groups -OCH3 is 1. The molecule has 0 amide bonds. The number of rotatable bonds is 7. The van der Waals surface area contributed by atoms with Gasteiger partial charge in [-0.25, -0.2) is 0 Å². The number of aliphatic imine (C=N–C) groups is 1. The summed E-state index contributed by atoms with van der Waals surface area (Å²) < 4.78 is 16.5. The van der Waals surface area contributed by atoms with Crippen LogP contribution in [0.2, 0.25) is 0 Å². The molecule has 0 aromatic heterocycles. The van der Waals surface area contributed by atoms with E-state index in [2.05, 4.69) is 9.89 Å². The van der Waals surface area contributed by atoms with Crippen molar-refractivity contribution >= 4 is 11.8 Å². The highest BCUT2D eigenvalue weighted by atomic mass is 16.7. The van der Waals surface area contributed by atoms with Crippen LogP contribution in [0.4, 0.5) is 5.69 Å². The maximum Gasteiger partial charge on any atom is 0.394 e. The average Bonchev–Trinajstić information content (AvgIpc) is 3.20. The lowest BCUT2D eigenvalue weighted by Gasteiger charge is -2.19. The summed E-state index contributed by atoms with van der Waals surface area (Å²) in [6.45, 7) is 3.06. The normalized spacial score (nSPS) is 16.1. The Bertz CT molecular complexity index is 713. The van der Waals surface area contributed by atoms with Crippen molar-refractivity contribution < 1.29 is 19.3 Å². The zero-order valence-electron chi connectivity index (χ0n) is 15.6. The molecule has 2 aromatic rings. The fourth-order valence-corrected chi connectivity index (χ4v) is 2.93. The summed E-state index contributed by atoms with van der Waals surface area (Å²) in [6.07, 6.45) is 2.10. The van der Waals surface area contributed by atoms with Gasteiger partial charge in [-0.2, -0.15) is 4.99 Å². The number of likely N-dealkylation sites (tertiary alicyclic amines) is 1. The van der Waals surface area contributed by atoms with Gasteiger partial charge in [0.25, 0.3) is 0 Å². The Morgan fingerprint density at radius 2 is 1.70 bits per heavy atom. The first-order valence-electron chi connectivity index (χ1n) is 9.22. The largest absolute Gasteiger partial charge is 0.491 e. The van der Waals surface area contributed by atoms with Gasteiger partial charge in [-0.15, -0.1) is 0 Å². The van der Waals surface area contributed by atoms with Crippen LogP contribution >= 0.6 is 0 Å². The Hall–Kier alpha value is -2.57. The van der Waals surface area contributed by atoms with Crippen molar-refractivity contribution in [3.05, 3.63) is 54.6 Å². The number of β-amino-alcohol motifs (C(OH)–C–C–N with tert-alkyl or cyclic N) is 1. The zero-order valence-corrected chi connectivity index (χ0v) is 15.6. The molecule has 1 heterocycles. The predicted molar refractivity (Wildman–Crippen MR) is 105 cm³/mol. The Kier molecular flexibility index (Phi) is 7.07. The highest BCUT2D eigenvalue weighted by Gasteiger charge is 2.16. The first kappa shape index (κ1) is 19.2. The molecule has 0 spiro atoms. The van der Waals surface area contributed by atoms with E-state index in [0.717, 1.165) is 18.8 Å². The van der Waals surface area contributed by atoms with Gasteiger partial charge >= 0.3 is 6.08 Å². The summed E-state index contributed by atoms with van der Waals surface area (Å²) in [7, 11) is 1.51. The minimum absolute atomic E-state index is 0.163. The monoisotopic (exact) mass is 370 g/mol. The van der Waals surface area contributed by atoms with Crippen LogP contribution in [0.5, 0.6) is 11.5 Å². The van der Waals surface area contributed by atoms with Gasteiger partial charge in [-0.1, -0.05) is 18.2 Å². The Labute approximate surface area is 160 Å². The molecule has 27 heavy (non-hydrogen) atoms. The van der Waals surface area contributed by atoms with Crippen LogP contribution in [-0.4, -0.2) is 55.5 Å². The molecule has 144 valence electrons. The van der Waals surface area contributed by atoms with Crippen molar-refractivity contribution in [1.29, 1.82) is 0 Å². The maximum absolute atomic E-state index is 10.1. The number of aliphatic hydroxyl groups excluding tert-OH is 1. The first-order chi connectivity index (χ1) is 13.2. The minimum atomic E-state index is -0.489. The summed E-state index contributed by atoms with van der Waals surface area (Å²) in [5.74, 6) is 1.28. The number of para-hydroxylation sites is 1. The van der Waals surface area contributed by atoms with Crippen molar-refractivity contribution in [3.63, 3.8) is 0 Å². The molecule has 1 atom stereocenters. The topological polar surface area (TPSA) is 63.5 Å². The summed E-state index contributed by atoms with van der Waals surface area (Å²) in [4.78, 5) is 6.57. The lowest BCUT2D eigenvalue weighted by Crippen LogP contribution is -2.33. The Morgan fingerprint density at radius 1 is 1.04 bits per heavy atom. The molecule has 0 saturated carbocycles. The van der Waals surface area contributed by atoms with Crippen molar-refractivity contribution in [3.8, 4) is 11.5 Å². The molecule has 3 rings (SSSR count). The number of ether oxygens (including phenoxy) is 3. The van der Waals surface area contributed by atoms with Crippen LogP contribution in [-0.2, 0) is 4.74 Å². The van der Waals surface area contributed by atoms with Crippen LogP contribution in [0, 0.1) is 0 Å². The maximum atomic E-state index is 10.1. The highest BCUT2D eigenvalue weighted by Crippen LogP contribution is 2.19. The van der Waals surface area contributed by atoms with Gasteiger partial charge in [0.05, 0.1) is 12.8 Å². The SMILES string of the molecule is COC(=Nc1ccccc1)Oc1ccc(OCC(O)CN2CCCC2)cc1. The van der Waals surface area contributed by atoms with E-state index in [9.17, 15) is 5.11 Å². The van der Waals surface area contributed by atoms with Crippen LogP contribution in [0.3, 0.4) is 0 Å². The van der Waals surface area contributed by atoms with Gasteiger partial charge in [0, 0.05) is 6.54 Å². The molecule has 0 radical (unpaired) electrons. The summed E-state index contributed by atoms with van der Waals surface area (Å²) in [5, 5.41) is 10.1. The predicted octanol–water partition coefficient (Wildman–Crippen LogP) is 3.24. The number of benzene rings is 2. The molecule has 2 aromatic carbocycles. The molecular weight excluding hydrogens is 344 g/mol. The van der Waals surface area contributed by atoms with Gasteiger partial charge < -0.3 is 24.2 Å². The standard InChI is InChI=1S/C21H26N2O4/c1-25-21(22-17-7-3-2-4-8-17)27-20-11-9-19(10-12-20)26-16-18(24)15-23-13-5-6-14-23/h2-4,7-12,18,24H,5-6,13-16H2,1H3. The second-order valence-corrected chi connectivity index (χ2v) is 6.46. The molecule has 1 aliphatic rings. The second kappa shape index (κ2) is 9.94. The lowest BCUT2D eigenvalue weighted by atomic mass is 10.3. The van der Waals surface area contributed by atoms with Crippen molar-refractivity contribution in [2.24, 2.45) is 4.99 Å². The van der Waals surface area contributed by atoms with Crippen molar-refractivity contribution in [1.82, 2.24) is 4.90 Å². The van der Waals surface area contributed by atoms with E-state index in [1.54, 1.807) is 24.3 Å². The van der Waals surface area contributed by atoms with E-state index in [0.29, 0.717) is 18.0 Å². The number of nitrogens with zero attached hydrogens (tertiary/aromatic N) is 2. The third-order valence-corrected chi connectivity index (χ3v) is 4.29. The number of aliphatic hydroxyl groups is 1. The van der Waals surface area contributed by atoms with E-state index in [-0.39, 0.29) is 12.7 Å². The Balaban J connectivity index is 1.49. The van der Waals surface area contributed by atoms with Gasteiger partial charge in [-0.3, -0.25) is 0 Å². The van der Waals surface area contributed by atoms with Gasteiger partial charge in [0.1, 0.15) is 24.2 Å². The second-order valence-electron chi connectivity index (χ2n) is 6.46. The van der Waals surface area contributed by atoms with Gasteiger partial charge in [0.2, 0.25) is 0 Å². The molecule has 1 aliphatic heterocycles. The molecule has 1 saturated heterocycles. The lowest BCUT2D eigenvalue weighted by molar-refractivity contribution is 0.0758. The van der Waals surface area contributed by atoms with Crippen molar-refractivity contribution in [2.45, 2.75) is 18.9 Å². The zero-order chi connectivity index (χ0) is 18.9. The van der Waals surface area contributed by atoms with E-state index >= 15 is 0 Å². The van der Waals surface area contributed by atoms with Crippen LogP contribution in [0.1, 0.15) is 12.8 Å². The summed E-state index contributed by atoms with van der Waals surface area (Å²) in [6, 6.07) is 16.6. The summed E-state index contributed by atoms with van der Waals surface area (Å²) in [5.41, 5.74) is 0.751. The third-order valence-electron chi connectivity index (χ3n) is 4.29. The van der Waals surface area contributed by atoms with Crippen LogP contribution < -0.4 is 9.47 Å². The third kappa shape index (κ3) is 6.27. The van der Waals surface area contributed by atoms with Crippen LogP contribution in [0.15, 0.2) is 59.6 Å². The quantitative estimate of drug-likeness (QED) is 0.599. The van der Waals surface area contributed by atoms with E-state index < -0.39 is 6.10 Å². The molecule has 6 nitrogen and oxygen atoms in total. The molecule has 0 aliphatic carbocycles. The van der Waals surface area contributed by atoms with E-state index in [1.807, 2.05) is 30.3 Å². The molecular formula is C21H26N2O4. The summed E-state index contributed by atoms with van der Waals surface area (Å²) >= 11 is 0. The smallest absolute Gasteiger partial charge is 0.394 e. The number of hydrogen-bond donors (Lipinski definition) is 1. The van der Waals surface area contributed by atoms with Gasteiger partial charge in [-0.05, 0) is 62.3 Å². The highest BCUT2D eigenvalue weighted by molar-refractivity contribution is 5.73. The fraction of sp³-hybridized carbons (Fsp3) is 0.381. The number of hydrogen-bond acceptors (Lipinski definition) is 6. The average molecular weight is 370 g/mol. The molecule has 1 unspecified atom stereocenters. The molecule has 1 N–H and O–H groups in total. The minimum Gasteiger partial charge on any atom is -0.491 e. The van der Waals surface area contributed by atoms with Gasteiger partial charge in [0.15, 0.2) is 0 Å². The van der Waals surface area contributed by atoms with Crippen molar-refractivity contribution in [2.75, 3.05) is 33.4 Å². The molecule has 6 heteroatoms. The molecule has 1 fully saturated rings. The first-order valence-corrected chi connectivity index (χ1v) is 9.22. The van der Waals surface area contributed by atoms with E-state index in [1.165, 1.54) is 20.0 Å². The molecule has 0 bridgehead atoms. The Morgan fingerprint density at radius 3 is 2.37 bits per heavy atom. The van der Waals surface area contributed by atoms with Crippen LogP contribution in [0.25, 0.3) is 0 Å². The fourth-order valence-electron chi connectivity index (χ4n) is 2.93.